The zero-order valence-corrected chi connectivity index (χ0v) is 22.5. The van der Waals surface area contributed by atoms with Crippen LogP contribution in [0, 0.1) is 13.8 Å². The molecule has 168 valence electrons. The minimum absolute atomic E-state index is 0. The summed E-state index contributed by atoms with van der Waals surface area (Å²) in [6, 6.07) is 23.7. The van der Waals surface area contributed by atoms with Gasteiger partial charge in [-0.15, -0.1) is 0 Å². The monoisotopic (exact) mass is 528 g/mol. The predicted octanol–water partition coefficient (Wildman–Crippen LogP) is 6.84. The van der Waals surface area contributed by atoms with Crippen molar-refractivity contribution in [3.05, 3.63) is 99.8 Å². The molecule has 0 radical (unpaired) electrons. The van der Waals surface area contributed by atoms with Gasteiger partial charge < -0.3 is 11.7 Å². The fraction of sp³-hybridized carbons (Fsp3) is 0.296. The SMILES string of the molecule is C1CCOC1.Cc1ccccc1-c1ccccc1Cl.Clc1ccccc1Br.[CH2-]CCC.[Li+]. The van der Waals surface area contributed by atoms with Crippen molar-refractivity contribution >= 4 is 39.1 Å². The molecule has 5 heteroatoms. The minimum atomic E-state index is 0. The van der Waals surface area contributed by atoms with Gasteiger partial charge in [-0.05, 0) is 65.0 Å². The maximum atomic E-state index is 6.13. The Morgan fingerprint density at radius 3 is 1.66 bits per heavy atom. The van der Waals surface area contributed by atoms with Crippen LogP contribution in [-0.4, -0.2) is 13.2 Å². The summed E-state index contributed by atoms with van der Waals surface area (Å²) in [5.74, 6) is 0. The first kappa shape index (κ1) is 31.3. The van der Waals surface area contributed by atoms with Crippen LogP contribution in [0.2, 0.25) is 10.0 Å². The molecule has 3 aromatic rings. The minimum Gasteiger partial charge on any atom is -0.381 e. The Bertz CT molecular complexity index is 795. The normalized spacial score (nSPS) is 11.4. The van der Waals surface area contributed by atoms with E-state index >= 15 is 0 Å². The van der Waals surface area contributed by atoms with Crippen LogP contribution in [-0.2, 0) is 4.74 Å². The van der Waals surface area contributed by atoms with Crippen LogP contribution in [0.25, 0.3) is 11.1 Å². The van der Waals surface area contributed by atoms with Crippen molar-refractivity contribution < 1.29 is 23.6 Å². The molecule has 0 atom stereocenters. The fourth-order valence-electron chi connectivity index (χ4n) is 2.50. The summed E-state index contributed by atoms with van der Waals surface area (Å²) in [6.45, 7) is 9.82. The smallest absolute Gasteiger partial charge is 0.381 e. The van der Waals surface area contributed by atoms with Crippen LogP contribution in [0.5, 0.6) is 0 Å². The zero-order chi connectivity index (χ0) is 22.9. The summed E-state index contributed by atoms with van der Waals surface area (Å²) < 4.78 is 5.89. The molecule has 0 aliphatic carbocycles. The first-order valence-electron chi connectivity index (χ1n) is 10.6. The summed E-state index contributed by atoms with van der Waals surface area (Å²) >= 11 is 15.1. The second-order valence-corrected chi connectivity index (χ2v) is 8.55. The van der Waals surface area contributed by atoms with Gasteiger partial charge in [0.25, 0.3) is 0 Å². The van der Waals surface area contributed by atoms with Crippen LogP contribution >= 0.6 is 39.1 Å². The molecule has 1 heterocycles. The average Bonchev–Trinajstić information content (AvgIpc) is 3.38. The maximum absolute atomic E-state index is 6.13. The quantitative estimate of drug-likeness (QED) is 0.261. The molecule has 1 fully saturated rings. The number of aryl methyl sites for hydroxylation is 1. The van der Waals surface area contributed by atoms with Crippen LogP contribution in [0.15, 0.2) is 77.3 Å². The Morgan fingerprint density at radius 1 is 0.812 bits per heavy atom. The second-order valence-electron chi connectivity index (χ2n) is 6.88. The van der Waals surface area contributed by atoms with Gasteiger partial charge in [-0.2, -0.15) is 6.42 Å². The molecule has 0 unspecified atom stereocenters. The average molecular weight is 530 g/mol. The van der Waals surface area contributed by atoms with E-state index in [4.69, 9.17) is 27.9 Å². The first-order valence-corrected chi connectivity index (χ1v) is 12.1. The predicted molar refractivity (Wildman–Crippen MR) is 141 cm³/mol. The molecule has 0 spiro atoms. The molecule has 32 heavy (non-hydrogen) atoms. The Hall–Kier alpha value is -0.723. The van der Waals surface area contributed by atoms with Crippen LogP contribution in [0.3, 0.4) is 0 Å². The van der Waals surface area contributed by atoms with Crippen LogP contribution in [0.1, 0.15) is 38.2 Å². The Labute approximate surface area is 225 Å². The standard InChI is InChI=1S/C13H11Cl.C6H4BrCl.C4H8O.C4H9.Li/c1-10-6-2-3-7-11(10)12-8-4-5-9-13(12)14;7-5-3-1-2-4-6(5)8;1-2-4-5-3-1;1-3-4-2;/h2-9H,1H3;1-4H;1-4H2;1,3-4H2,2H3;/q;;;-1;+1. The largest absolute Gasteiger partial charge is 1.00 e. The third kappa shape index (κ3) is 13.1. The van der Waals surface area contributed by atoms with E-state index < -0.39 is 0 Å². The number of hydrogen-bond donors (Lipinski definition) is 0. The molecular formula is C27H32BrCl2LiO. The van der Waals surface area contributed by atoms with Gasteiger partial charge in [-0.25, -0.2) is 0 Å². The summed E-state index contributed by atoms with van der Waals surface area (Å²) in [4.78, 5) is 0. The summed E-state index contributed by atoms with van der Waals surface area (Å²) in [7, 11) is 0. The Morgan fingerprint density at radius 2 is 1.28 bits per heavy atom. The molecule has 1 nitrogen and oxygen atoms in total. The topological polar surface area (TPSA) is 9.23 Å². The third-order valence-corrected chi connectivity index (χ3v) is 5.89. The van der Waals surface area contributed by atoms with E-state index in [2.05, 4.69) is 48.8 Å². The first-order chi connectivity index (χ1) is 15.0. The number of halogens is 3. The van der Waals surface area contributed by atoms with Crippen molar-refractivity contribution in [3.8, 4) is 11.1 Å². The van der Waals surface area contributed by atoms with Crippen molar-refractivity contribution in [1.82, 2.24) is 0 Å². The van der Waals surface area contributed by atoms with Gasteiger partial charge in [0.2, 0.25) is 0 Å². The number of ether oxygens (including phenoxy) is 1. The molecule has 0 N–H and O–H groups in total. The second kappa shape index (κ2) is 19.7. The van der Waals surface area contributed by atoms with E-state index in [0.29, 0.717) is 0 Å². The van der Waals surface area contributed by atoms with Crippen molar-refractivity contribution in [2.45, 2.75) is 39.5 Å². The summed E-state index contributed by atoms with van der Waals surface area (Å²) in [5, 5.41) is 1.56. The van der Waals surface area contributed by atoms with Gasteiger partial charge >= 0.3 is 18.9 Å². The Kier molecular flexibility index (Phi) is 19.3. The van der Waals surface area contributed by atoms with E-state index in [1.54, 1.807) is 0 Å². The molecule has 0 bridgehead atoms. The van der Waals surface area contributed by atoms with Crippen LogP contribution in [0.4, 0.5) is 0 Å². The van der Waals surface area contributed by atoms with Crippen molar-refractivity contribution in [2.75, 3.05) is 13.2 Å². The fourth-order valence-corrected chi connectivity index (χ4v) is 3.16. The van der Waals surface area contributed by atoms with Gasteiger partial charge in [-0.3, -0.25) is 0 Å². The van der Waals surface area contributed by atoms with E-state index in [0.717, 1.165) is 39.7 Å². The van der Waals surface area contributed by atoms with Gasteiger partial charge in [-0.1, -0.05) is 91.1 Å². The number of benzene rings is 3. The van der Waals surface area contributed by atoms with Crippen molar-refractivity contribution in [1.29, 1.82) is 0 Å². The molecule has 1 saturated heterocycles. The number of unbranched alkanes of at least 4 members (excludes halogenated alkanes) is 1. The zero-order valence-electron chi connectivity index (χ0n) is 19.4. The van der Waals surface area contributed by atoms with E-state index in [1.807, 2.05) is 60.7 Å². The molecule has 0 aromatic heterocycles. The van der Waals surface area contributed by atoms with E-state index in [1.165, 1.54) is 30.4 Å². The molecular weight excluding hydrogens is 498 g/mol. The molecule has 0 saturated carbocycles. The van der Waals surface area contributed by atoms with Crippen molar-refractivity contribution in [2.24, 2.45) is 0 Å². The maximum Gasteiger partial charge on any atom is 1.00 e. The van der Waals surface area contributed by atoms with Gasteiger partial charge in [0.05, 0.1) is 5.02 Å². The van der Waals surface area contributed by atoms with Crippen LogP contribution < -0.4 is 18.9 Å². The summed E-state index contributed by atoms with van der Waals surface area (Å²) in [5.41, 5.74) is 3.56. The third-order valence-electron chi connectivity index (χ3n) is 4.31. The number of rotatable bonds is 2. The molecule has 4 rings (SSSR count). The van der Waals surface area contributed by atoms with Gasteiger partial charge in [0.1, 0.15) is 0 Å². The molecule has 1 aliphatic rings. The van der Waals surface area contributed by atoms with Gasteiger partial charge in [0.15, 0.2) is 0 Å². The van der Waals surface area contributed by atoms with E-state index in [-0.39, 0.29) is 18.9 Å². The molecule has 1 aliphatic heterocycles. The van der Waals surface area contributed by atoms with E-state index in [9.17, 15) is 0 Å². The van der Waals surface area contributed by atoms with Crippen molar-refractivity contribution in [3.63, 3.8) is 0 Å². The molecule has 0 amide bonds. The van der Waals surface area contributed by atoms with Gasteiger partial charge in [0, 0.05) is 28.3 Å². The Balaban J connectivity index is 0.000000452. The number of hydrogen-bond acceptors (Lipinski definition) is 1. The summed E-state index contributed by atoms with van der Waals surface area (Å²) in [6.07, 6.45) is 4.83. The molecule has 3 aromatic carbocycles.